The zero-order chi connectivity index (χ0) is 23.8. The Morgan fingerprint density at radius 1 is 1.24 bits per heavy atom. The smallest absolute Gasteiger partial charge is 0.351 e. The van der Waals surface area contributed by atoms with Crippen LogP contribution in [-0.2, 0) is 9.47 Å². The van der Waals surface area contributed by atoms with Gasteiger partial charge in [-0.2, -0.15) is 0 Å². The molecule has 1 aliphatic heterocycles. The van der Waals surface area contributed by atoms with Gasteiger partial charge in [0.2, 0.25) is 5.90 Å². The average molecular weight is 497 g/mol. The van der Waals surface area contributed by atoms with Gasteiger partial charge in [0.25, 0.3) is 0 Å². The van der Waals surface area contributed by atoms with Crippen molar-refractivity contribution in [2.45, 2.75) is 20.0 Å². The van der Waals surface area contributed by atoms with Crippen molar-refractivity contribution in [1.29, 1.82) is 0 Å². The van der Waals surface area contributed by atoms with Crippen molar-refractivity contribution in [3.8, 4) is 10.8 Å². The Kier molecular flexibility index (Phi) is 5.89. The van der Waals surface area contributed by atoms with Crippen LogP contribution < -0.4 is 9.75 Å². The highest BCUT2D eigenvalue weighted by atomic mass is 35.5. The number of hydrogen-bond acceptors (Lipinski definition) is 8. The molecule has 34 heavy (non-hydrogen) atoms. The van der Waals surface area contributed by atoms with Crippen LogP contribution in [0.25, 0.3) is 16.0 Å². The standard InChI is InChI=1S/C24H21ClN4O4S/c1-14(17-6-4-5-7-18(17)25)33-21-11-22(34-23(21)24(30)31-3)28-12-26-19-10-16(8-9-20(19)28)29-13-32-15(2)27-29/h4-12,14H,13H2,1-3H3/t14-/m1/s1. The van der Waals surface area contributed by atoms with Crippen LogP contribution in [0.15, 0.2) is 60.0 Å². The normalized spacial score (nSPS) is 14.1. The third-order valence-electron chi connectivity index (χ3n) is 5.43. The molecule has 0 aliphatic carbocycles. The highest BCUT2D eigenvalue weighted by molar-refractivity contribution is 7.16. The molecule has 0 spiro atoms. The molecule has 2 aromatic carbocycles. The molecule has 2 aromatic heterocycles. The Hall–Kier alpha value is -3.56. The molecule has 5 rings (SSSR count). The lowest BCUT2D eigenvalue weighted by atomic mass is 10.1. The number of esters is 1. The van der Waals surface area contributed by atoms with E-state index in [4.69, 9.17) is 25.8 Å². The Morgan fingerprint density at radius 3 is 2.79 bits per heavy atom. The molecule has 0 fully saturated rings. The first kappa shape index (κ1) is 22.2. The number of halogens is 1. The van der Waals surface area contributed by atoms with Crippen molar-refractivity contribution >= 4 is 51.5 Å². The fraction of sp³-hybridized carbons (Fsp3) is 0.208. The summed E-state index contributed by atoms with van der Waals surface area (Å²) in [5.41, 5.74) is 3.39. The van der Waals surface area contributed by atoms with Crippen molar-refractivity contribution in [2.24, 2.45) is 5.10 Å². The first-order valence-corrected chi connectivity index (χ1v) is 11.7. The molecule has 0 N–H and O–H groups in total. The summed E-state index contributed by atoms with van der Waals surface area (Å²) in [6, 6.07) is 15.2. The van der Waals surface area contributed by atoms with Gasteiger partial charge in [-0.15, -0.1) is 16.4 Å². The number of thiophene rings is 1. The van der Waals surface area contributed by atoms with Gasteiger partial charge < -0.3 is 14.2 Å². The maximum atomic E-state index is 12.5. The van der Waals surface area contributed by atoms with Crippen molar-refractivity contribution in [3.05, 3.63) is 70.3 Å². The number of rotatable bonds is 6. The van der Waals surface area contributed by atoms with Crippen molar-refractivity contribution in [2.75, 3.05) is 18.8 Å². The predicted molar refractivity (Wildman–Crippen MR) is 132 cm³/mol. The summed E-state index contributed by atoms with van der Waals surface area (Å²) in [7, 11) is 1.35. The van der Waals surface area contributed by atoms with Crippen LogP contribution in [0.1, 0.15) is 35.2 Å². The molecule has 8 nitrogen and oxygen atoms in total. The maximum Gasteiger partial charge on any atom is 0.351 e. The summed E-state index contributed by atoms with van der Waals surface area (Å²) in [5, 5.41) is 7.50. The van der Waals surface area contributed by atoms with E-state index in [1.54, 1.807) is 11.3 Å². The van der Waals surface area contributed by atoms with E-state index in [0.29, 0.717) is 28.3 Å². The van der Waals surface area contributed by atoms with Crippen LogP contribution in [0.3, 0.4) is 0 Å². The SMILES string of the molecule is COC(=O)c1sc(-n2cnc3cc(N4COC(C)=N4)ccc32)cc1O[C@H](C)c1ccccc1Cl. The fourth-order valence-corrected chi connectivity index (χ4v) is 5.00. The summed E-state index contributed by atoms with van der Waals surface area (Å²) in [6.45, 7) is 4.07. The molecule has 1 atom stereocenters. The number of carbonyl (C=O) groups excluding carboxylic acids is 1. The van der Waals surface area contributed by atoms with Gasteiger partial charge in [0.05, 0.1) is 23.8 Å². The lowest BCUT2D eigenvalue weighted by molar-refractivity contribution is 0.0600. The highest BCUT2D eigenvalue weighted by Crippen LogP contribution is 2.38. The summed E-state index contributed by atoms with van der Waals surface area (Å²) in [5.74, 6) is 0.585. The zero-order valence-corrected chi connectivity index (χ0v) is 20.3. The lowest BCUT2D eigenvalue weighted by Crippen LogP contribution is -2.12. The third-order valence-corrected chi connectivity index (χ3v) is 6.87. The molecule has 0 saturated heterocycles. The topological polar surface area (TPSA) is 78.2 Å². The van der Waals surface area contributed by atoms with E-state index >= 15 is 0 Å². The molecule has 0 amide bonds. The van der Waals surface area contributed by atoms with Gasteiger partial charge >= 0.3 is 5.97 Å². The molecular weight excluding hydrogens is 476 g/mol. The van der Waals surface area contributed by atoms with Crippen molar-refractivity contribution in [1.82, 2.24) is 9.55 Å². The molecule has 10 heteroatoms. The third kappa shape index (κ3) is 4.08. The average Bonchev–Trinajstić information content (AvgIpc) is 3.56. The lowest BCUT2D eigenvalue weighted by Gasteiger charge is -2.16. The minimum absolute atomic E-state index is 0.367. The van der Waals surface area contributed by atoms with E-state index in [2.05, 4.69) is 10.1 Å². The summed E-state index contributed by atoms with van der Waals surface area (Å²) in [4.78, 5) is 17.4. The van der Waals surface area contributed by atoms with Crippen LogP contribution in [0.2, 0.25) is 5.02 Å². The number of methoxy groups -OCH3 is 1. The van der Waals surface area contributed by atoms with Crippen LogP contribution in [0.5, 0.6) is 5.75 Å². The number of imidazole rings is 1. The van der Waals surface area contributed by atoms with Crippen LogP contribution >= 0.6 is 22.9 Å². The molecule has 0 radical (unpaired) electrons. The molecule has 0 bridgehead atoms. The van der Waals surface area contributed by atoms with Crippen molar-refractivity contribution < 1.29 is 19.0 Å². The number of hydrogen-bond donors (Lipinski definition) is 0. The number of carbonyl (C=O) groups is 1. The molecule has 3 heterocycles. The van der Waals surface area contributed by atoms with E-state index in [1.807, 2.05) is 66.9 Å². The Morgan fingerprint density at radius 2 is 2.06 bits per heavy atom. The number of benzene rings is 2. The Balaban J connectivity index is 1.50. The van der Waals surface area contributed by atoms with Crippen molar-refractivity contribution in [3.63, 3.8) is 0 Å². The summed E-state index contributed by atoms with van der Waals surface area (Å²) < 4.78 is 18.5. The summed E-state index contributed by atoms with van der Waals surface area (Å²) in [6.07, 6.45) is 1.35. The molecule has 0 saturated carbocycles. The molecule has 1 aliphatic rings. The molecular formula is C24H21ClN4O4S. The Bertz CT molecular complexity index is 1410. The van der Waals surface area contributed by atoms with Gasteiger partial charge in [0, 0.05) is 23.6 Å². The zero-order valence-electron chi connectivity index (χ0n) is 18.7. The van der Waals surface area contributed by atoms with E-state index < -0.39 is 5.97 Å². The molecule has 0 unspecified atom stereocenters. The van der Waals surface area contributed by atoms with Gasteiger partial charge in [0.1, 0.15) is 23.2 Å². The van der Waals surface area contributed by atoms with Gasteiger partial charge in [-0.3, -0.25) is 4.57 Å². The van der Waals surface area contributed by atoms with Gasteiger partial charge in [-0.25, -0.2) is 14.8 Å². The predicted octanol–water partition coefficient (Wildman–Crippen LogP) is 5.79. The number of ether oxygens (including phenoxy) is 3. The van der Waals surface area contributed by atoms with E-state index in [9.17, 15) is 4.79 Å². The van der Waals surface area contributed by atoms with Gasteiger partial charge in [-0.1, -0.05) is 29.8 Å². The molecule has 174 valence electrons. The summed E-state index contributed by atoms with van der Waals surface area (Å²) >= 11 is 7.61. The quantitative estimate of drug-likeness (QED) is 0.314. The minimum atomic E-state index is -0.466. The highest BCUT2D eigenvalue weighted by Gasteiger charge is 2.23. The fourth-order valence-electron chi connectivity index (χ4n) is 3.71. The maximum absolute atomic E-state index is 12.5. The minimum Gasteiger partial charge on any atom is -0.484 e. The number of anilines is 1. The second-order valence-corrected chi connectivity index (χ2v) is 9.07. The van der Waals surface area contributed by atoms with Gasteiger partial charge in [0.15, 0.2) is 11.6 Å². The number of fused-ring (bicyclic) bond motifs is 1. The van der Waals surface area contributed by atoms with Crippen LogP contribution in [0.4, 0.5) is 5.69 Å². The number of aromatic nitrogens is 2. The number of nitrogens with zero attached hydrogens (tertiary/aromatic N) is 4. The first-order chi connectivity index (χ1) is 16.4. The van der Waals surface area contributed by atoms with E-state index in [0.717, 1.165) is 27.3 Å². The van der Waals surface area contributed by atoms with E-state index in [1.165, 1.54) is 18.4 Å². The Labute approximate surface area is 204 Å². The second-order valence-electron chi connectivity index (χ2n) is 7.63. The molecule has 4 aromatic rings. The largest absolute Gasteiger partial charge is 0.484 e. The first-order valence-electron chi connectivity index (χ1n) is 10.5. The monoisotopic (exact) mass is 496 g/mol. The second kappa shape index (κ2) is 9.00. The number of hydrazone groups is 1. The van der Waals surface area contributed by atoms with E-state index in [-0.39, 0.29) is 6.10 Å². The van der Waals surface area contributed by atoms with Crippen LogP contribution in [-0.4, -0.2) is 35.3 Å². The van der Waals surface area contributed by atoms with Gasteiger partial charge in [-0.05, 0) is 31.2 Å². The van der Waals surface area contributed by atoms with Crippen LogP contribution in [0, 0.1) is 0 Å².